The van der Waals surface area contributed by atoms with Crippen LogP contribution in [0.5, 0.6) is 0 Å². The first-order valence-electron chi connectivity index (χ1n) is 10.8. The average Bonchev–Trinajstić information content (AvgIpc) is 3.25. The molecule has 8 nitrogen and oxygen atoms in total. The van der Waals surface area contributed by atoms with Gasteiger partial charge in [0, 0.05) is 31.8 Å². The standard InChI is InChI=1S/C25H23ClFN5O3/c1-35-16-22-19(25(34)29-12-21-24(27)20(26)9-10-28-21)15-32(30-22)14-18-7-5-17(6-8-18)13-31-11-3-2-4-23(31)33/h2-11,15H,12-14,16H2,1H3,(H,29,34). The highest BCUT2D eigenvalue weighted by Gasteiger charge is 2.18. The summed E-state index contributed by atoms with van der Waals surface area (Å²) in [5.74, 6) is -1.09. The molecule has 0 fully saturated rings. The van der Waals surface area contributed by atoms with Crippen molar-refractivity contribution in [1.29, 1.82) is 0 Å². The second-order valence-electron chi connectivity index (χ2n) is 7.84. The fourth-order valence-corrected chi connectivity index (χ4v) is 3.71. The first-order chi connectivity index (χ1) is 16.9. The van der Waals surface area contributed by atoms with Crippen LogP contribution in [0.25, 0.3) is 0 Å². The van der Waals surface area contributed by atoms with E-state index in [4.69, 9.17) is 16.3 Å². The number of carbonyl (C=O) groups is 1. The van der Waals surface area contributed by atoms with E-state index < -0.39 is 11.7 Å². The van der Waals surface area contributed by atoms with E-state index in [1.807, 2.05) is 30.3 Å². The topological polar surface area (TPSA) is 91.0 Å². The molecule has 3 aromatic heterocycles. The minimum Gasteiger partial charge on any atom is -0.378 e. The molecule has 0 atom stereocenters. The summed E-state index contributed by atoms with van der Waals surface area (Å²) in [6.07, 6.45) is 4.76. The molecular formula is C25H23ClFN5O3. The minimum absolute atomic E-state index is 0.0457. The Morgan fingerprint density at radius 3 is 2.54 bits per heavy atom. The van der Waals surface area contributed by atoms with Crippen LogP contribution >= 0.6 is 11.6 Å². The van der Waals surface area contributed by atoms with Gasteiger partial charge in [-0.15, -0.1) is 0 Å². The summed E-state index contributed by atoms with van der Waals surface area (Å²) in [5.41, 5.74) is 2.74. The number of nitrogens with one attached hydrogen (secondary N) is 1. The van der Waals surface area contributed by atoms with Gasteiger partial charge in [0.25, 0.3) is 11.5 Å². The van der Waals surface area contributed by atoms with Crippen molar-refractivity contribution in [2.45, 2.75) is 26.2 Å². The maximum absolute atomic E-state index is 14.1. The summed E-state index contributed by atoms with van der Waals surface area (Å²) in [6, 6.07) is 14.2. The highest BCUT2D eigenvalue weighted by molar-refractivity contribution is 6.30. The Labute approximate surface area is 206 Å². The lowest BCUT2D eigenvalue weighted by Gasteiger charge is -2.07. The number of pyridine rings is 2. The molecule has 0 saturated carbocycles. The molecule has 180 valence electrons. The van der Waals surface area contributed by atoms with E-state index in [0.717, 1.165) is 11.1 Å². The van der Waals surface area contributed by atoms with Crippen molar-refractivity contribution >= 4 is 17.5 Å². The number of aromatic nitrogens is 4. The van der Waals surface area contributed by atoms with Crippen LogP contribution in [0.3, 0.4) is 0 Å². The van der Waals surface area contributed by atoms with E-state index in [9.17, 15) is 14.0 Å². The second-order valence-corrected chi connectivity index (χ2v) is 8.25. The monoisotopic (exact) mass is 495 g/mol. The third-order valence-electron chi connectivity index (χ3n) is 5.31. The molecule has 4 aromatic rings. The van der Waals surface area contributed by atoms with Crippen molar-refractivity contribution in [3.63, 3.8) is 0 Å². The zero-order chi connectivity index (χ0) is 24.8. The molecule has 0 bridgehead atoms. The van der Waals surface area contributed by atoms with Crippen LogP contribution in [0.2, 0.25) is 5.02 Å². The van der Waals surface area contributed by atoms with Gasteiger partial charge in [-0.3, -0.25) is 19.3 Å². The molecule has 10 heteroatoms. The number of carbonyl (C=O) groups excluding carboxylic acids is 1. The van der Waals surface area contributed by atoms with Gasteiger partial charge in [0.15, 0.2) is 5.82 Å². The van der Waals surface area contributed by atoms with Crippen LogP contribution in [0.1, 0.15) is 32.9 Å². The zero-order valence-electron chi connectivity index (χ0n) is 18.9. The van der Waals surface area contributed by atoms with Gasteiger partial charge in [-0.05, 0) is 23.3 Å². The van der Waals surface area contributed by atoms with E-state index in [1.165, 1.54) is 25.4 Å². The third kappa shape index (κ3) is 6.00. The van der Waals surface area contributed by atoms with Crippen molar-refractivity contribution in [1.82, 2.24) is 24.6 Å². The third-order valence-corrected chi connectivity index (χ3v) is 5.61. The van der Waals surface area contributed by atoms with E-state index in [1.54, 1.807) is 27.7 Å². The number of methoxy groups -OCH3 is 1. The summed E-state index contributed by atoms with van der Waals surface area (Å²) in [5, 5.41) is 7.08. The lowest BCUT2D eigenvalue weighted by Crippen LogP contribution is -2.24. The van der Waals surface area contributed by atoms with Crippen LogP contribution in [-0.4, -0.2) is 32.3 Å². The number of rotatable bonds is 9. The lowest BCUT2D eigenvalue weighted by atomic mass is 10.1. The maximum atomic E-state index is 14.1. The molecule has 1 aromatic carbocycles. The number of benzene rings is 1. The van der Waals surface area contributed by atoms with Gasteiger partial charge in [-0.25, -0.2) is 4.39 Å². The largest absolute Gasteiger partial charge is 0.378 e. The first kappa shape index (κ1) is 24.3. The number of halogens is 2. The fraction of sp³-hybridized carbons (Fsp3) is 0.200. The summed E-state index contributed by atoms with van der Waals surface area (Å²) >= 11 is 5.78. The van der Waals surface area contributed by atoms with Crippen LogP contribution in [0.15, 0.2) is 71.9 Å². The van der Waals surface area contributed by atoms with Crippen molar-refractivity contribution in [3.05, 3.63) is 116 Å². The molecule has 0 aliphatic rings. The Balaban J connectivity index is 1.45. The Hall–Kier alpha value is -3.82. The molecule has 0 radical (unpaired) electrons. The zero-order valence-corrected chi connectivity index (χ0v) is 19.7. The molecule has 1 N–H and O–H groups in total. The summed E-state index contributed by atoms with van der Waals surface area (Å²) in [7, 11) is 1.52. The quantitative estimate of drug-likeness (QED) is 0.384. The summed E-state index contributed by atoms with van der Waals surface area (Å²) in [4.78, 5) is 28.6. The van der Waals surface area contributed by atoms with Gasteiger partial charge in [0.1, 0.15) is 5.69 Å². The summed E-state index contributed by atoms with van der Waals surface area (Å²) in [6.45, 7) is 0.936. The van der Waals surface area contributed by atoms with Crippen LogP contribution in [0, 0.1) is 5.82 Å². The molecule has 0 saturated heterocycles. The smallest absolute Gasteiger partial charge is 0.255 e. The van der Waals surface area contributed by atoms with Gasteiger partial charge >= 0.3 is 0 Å². The van der Waals surface area contributed by atoms with Gasteiger partial charge in [0.2, 0.25) is 0 Å². The Morgan fingerprint density at radius 1 is 1.09 bits per heavy atom. The molecule has 0 aliphatic carbocycles. The predicted molar refractivity (Wildman–Crippen MR) is 129 cm³/mol. The Morgan fingerprint density at radius 2 is 1.83 bits per heavy atom. The van der Waals surface area contributed by atoms with Crippen molar-refractivity contribution in [2.24, 2.45) is 0 Å². The molecule has 0 unspecified atom stereocenters. The minimum atomic E-state index is -0.664. The van der Waals surface area contributed by atoms with E-state index in [0.29, 0.717) is 24.3 Å². The van der Waals surface area contributed by atoms with Crippen molar-refractivity contribution < 1.29 is 13.9 Å². The lowest BCUT2D eigenvalue weighted by molar-refractivity contribution is 0.0945. The van der Waals surface area contributed by atoms with Gasteiger partial charge in [-0.2, -0.15) is 5.10 Å². The molecule has 4 rings (SSSR count). The number of amides is 1. The van der Waals surface area contributed by atoms with Crippen LogP contribution < -0.4 is 10.9 Å². The molecule has 0 aliphatic heterocycles. The highest BCUT2D eigenvalue weighted by atomic mass is 35.5. The van der Waals surface area contributed by atoms with Gasteiger partial charge < -0.3 is 14.6 Å². The number of nitrogens with zero attached hydrogens (tertiary/aromatic N) is 4. The maximum Gasteiger partial charge on any atom is 0.255 e. The highest BCUT2D eigenvalue weighted by Crippen LogP contribution is 2.16. The van der Waals surface area contributed by atoms with E-state index >= 15 is 0 Å². The number of ether oxygens (including phenoxy) is 1. The van der Waals surface area contributed by atoms with E-state index in [-0.39, 0.29) is 29.4 Å². The fourth-order valence-electron chi connectivity index (χ4n) is 3.54. The molecule has 0 spiro atoms. The second kappa shape index (κ2) is 11.1. The Kier molecular flexibility index (Phi) is 7.69. The molecule has 35 heavy (non-hydrogen) atoms. The molecular weight excluding hydrogens is 473 g/mol. The van der Waals surface area contributed by atoms with Crippen LogP contribution in [0.4, 0.5) is 4.39 Å². The van der Waals surface area contributed by atoms with Crippen molar-refractivity contribution in [3.8, 4) is 0 Å². The SMILES string of the molecule is COCc1nn(Cc2ccc(Cn3ccccc3=O)cc2)cc1C(=O)NCc1nccc(Cl)c1F. The summed E-state index contributed by atoms with van der Waals surface area (Å²) < 4.78 is 22.5. The molecule has 3 heterocycles. The van der Waals surface area contributed by atoms with Gasteiger partial charge in [0.05, 0.1) is 42.5 Å². The number of hydrogen-bond acceptors (Lipinski definition) is 5. The van der Waals surface area contributed by atoms with Crippen LogP contribution in [-0.2, 0) is 31.0 Å². The average molecular weight is 496 g/mol. The molecule has 1 amide bonds. The number of hydrogen-bond donors (Lipinski definition) is 1. The predicted octanol–water partition coefficient (Wildman–Crippen LogP) is 3.41. The van der Waals surface area contributed by atoms with Crippen molar-refractivity contribution in [2.75, 3.05) is 7.11 Å². The first-order valence-corrected chi connectivity index (χ1v) is 11.2. The van der Waals surface area contributed by atoms with Gasteiger partial charge in [-0.1, -0.05) is 41.9 Å². The normalized spacial score (nSPS) is 10.9. The van der Waals surface area contributed by atoms with E-state index in [2.05, 4.69) is 15.4 Å². The Bertz CT molecular complexity index is 1380.